The number of carbonyl (C=O) groups excluding carboxylic acids is 3. The maximum atomic E-state index is 12.4. The number of nitrogens with one attached hydrogen (secondary N) is 2. The van der Waals surface area contributed by atoms with Gasteiger partial charge in [-0.3, -0.25) is 14.5 Å². The van der Waals surface area contributed by atoms with Gasteiger partial charge in [-0.05, 0) is 30.3 Å². The molecule has 29 heavy (non-hydrogen) atoms. The fourth-order valence-electron chi connectivity index (χ4n) is 3.09. The summed E-state index contributed by atoms with van der Waals surface area (Å²) in [5.41, 5.74) is 2.62. The third-order valence-corrected chi connectivity index (χ3v) is 4.55. The molecule has 0 spiro atoms. The molecule has 4 rings (SSSR count). The molecule has 7 nitrogen and oxygen atoms in total. The van der Waals surface area contributed by atoms with Crippen LogP contribution < -0.4 is 10.2 Å². The molecule has 1 aromatic heterocycles. The maximum absolute atomic E-state index is 12.4. The average molecular weight is 387 g/mol. The molecule has 0 atom stereocenters. The number of Topliss-reactive ketones (excluding diaryl/α,β-unsaturated/α-hetero) is 1. The van der Waals surface area contributed by atoms with Gasteiger partial charge >= 0.3 is 6.09 Å². The number of anilines is 1. The standard InChI is InChI=1S/C22H17N3O4/c26-20(18-14-24-19-6-2-1-5-17(18)19)21(27)23-11-3-4-15-7-9-16(10-8-15)25-12-13-29-22(25)28/h1-2,5-10,14,24H,11-13H2,(H,23,27). The number of hydrogen-bond acceptors (Lipinski definition) is 4. The fraction of sp³-hybridized carbons (Fsp3) is 0.136. The molecule has 0 aliphatic carbocycles. The number of aromatic amines is 1. The topological polar surface area (TPSA) is 91.5 Å². The summed E-state index contributed by atoms with van der Waals surface area (Å²) in [6.07, 6.45) is 1.18. The SMILES string of the molecule is O=C(NCC#Cc1ccc(N2CCOC2=O)cc1)C(=O)c1c[nH]c2ccccc12. The molecule has 144 valence electrons. The van der Waals surface area contributed by atoms with E-state index in [2.05, 4.69) is 22.1 Å². The quantitative estimate of drug-likeness (QED) is 0.409. The number of fused-ring (bicyclic) bond motifs is 1. The van der Waals surface area contributed by atoms with Gasteiger partial charge in [-0.1, -0.05) is 30.0 Å². The Balaban J connectivity index is 1.34. The molecule has 1 saturated heterocycles. The minimum absolute atomic E-state index is 0.0487. The highest BCUT2D eigenvalue weighted by Gasteiger charge is 2.23. The van der Waals surface area contributed by atoms with Crippen LogP contribution in [0, 0.1) is 11.8 Å². The van der Waals surface area contributed by atoms with E-state index in [1.807, 2.05) is 18.2 Å². The van der Waals surface area contributed by atoms with Crippen molar-refractivity contribution in [2.75, 3.05) is 24.6 Å². The van der Waals surface area contributed by atoms with E-state index in [0.717, 1.165) is 16.8 Å². The van der Waals surface area contributed by atoms with E-state index in [1.54, 1.807) is 35.2 Å². The second-order valence-electron chi connectivity index (χ2n) is 6.37. The molecule has 1 aliphatic heterocycles. The Bertz CT molecular complexity index is 1150. The summed E-state index contributed by atoms with van der Waals surface area (Å²) >= 11 is 0. The van der Waals surface area contributed by atoms with Gasteiger partial charge in [0.05, 0.1) is 18.7 Å². The van der Waals surface area contributed by atoms with Crippen LogP contribution in [0.5, 0.6) is 0 Å². The lowest BCUT2D eigenvalue weighted by atomic mass is 10.1. The van der Waals surface area contributed by atoms with Gasteiger partial charge in [0, 0.05) is 28.4 Å². The molecule has 2 heterocycles. The van der Waals surface area contributed by atoms with Gasteiger partial charge in [0.25, 0.3) is 11.7 Å². The van der Waals surface area contributed by atoms with Gasteiger partial charge in [-0.15, -0.1) is 0 Å². The van der Waals surface area contributed by atoms with Crippen molar-refractivity contribution in [3.8, 4) is 11.8 Å². The highest BCUT2D eigenvalue weighted by Crippen LogP contribution is 2.19. The van der Waals surface area contributed by atoms with Crippen LogP contribution in [0.2, 0.25) is 0 Å². The smallest absolute Gasteiger partial charge is 0.414 e. The van der Waals surface area contributed by atoms with Crippen molar-refractivity contribution < 1.29 is 19.1 Å². The van der Waals surface area contributed by atoms with Crippen LogP contribution in [0.4, 0.5) is 10.5 Å². The van der Waals surface area contributed by atoms with Crippen molar-refractivity contribution in [1.82, 2.24) is 10.3 Å². The van der Waals surface area contributed by atoms with Gasteiger partial charge in [0.15, 0.2) is 0 Å². The van der Waals surface area contributed by atoms with Crippen molar-refractivity contribution in [3.63, 3.8) is 0 Å². The number of ketones is 1. The number of aromatic nitrogens is 1. The summed E-state index contributed by atoms with van der Waals surface area (Å²) in [5, 5.41) is 3.23. The van der Waals surface area contributed by atoms with Gasteiger partial charge < -0.3 is 15.0 Å². The number of cyclic esters (lactones) is 1. The molecular weight excluding hydrogens is 370 g/mol. The number of nitrogens with zero attached hydrogens (tertiary/aromatic N) is 1. The lowest BCUT2D eigenvalue weighted by Crippen LogP contribution is -2.31. The van der Waals surface area contributed by atoms with Crippen LogP contribution in [0.25, 0.3) is 10.9 Å². The molecule has 2 N–H and O–H groups in total. The van der Waals surface area contributed by atoms with Crippen LogP contribution in [0.3, 0.4) is 0 Å². The molecule has 0 saturated carbocycles. The Kier molecular flexibility index (Phi) is 4.99. The number of rotatable bonds is 4. The van der Waals surface area contributed by atoms with Crippen molar-refractivity contribution in [1.29, 1.82) is 0 Å². The third kappa shape index (κ3) is 3.82. The van der Waals surface area contributed by atoms with E-state index in [-0.39, 0.29) is 12.6 Å². The summed E-state index contributed by atoms with van der Waals surface area (Å²) in [5.74, 6) is 4.43. The third-order valence-electron chi connectivity index (χ3n) is 4.55. The fourth-order valence-corrected chi connectivity index (χ4v) is 3.09. The molecule has 1 fully saturated rings. The van der Waals surface area contributed by atoms with Crippen molar-refractivity contribution in [2.24, 2.45) is 0 Å². The summed E-state index contributed by atoms with van der Waals surface area (Å²) in [4.78, 5) is 40.6. The first-order valence-electron chi connectivity index (χ1n) is 9.05. The Hall–Kier alpha value is -4.05. The number of ether oxygens (including phenoxy) is 1. The molecule has 1 aliphatic rings. The van der Waals surface area contributed by atoms with E-state index < -0.39 is 11.7 Å². The molecule has 3 aromatic rings. The molecule has 2 amide bonds. The Morgan fingerprint density at radius 2 is 1.93 bits per heavy atom. The Morgan fingerprint density at radius 3 is 2.69 bits per heavy atom. The lowest BCUT2D eigenvalue weighted by molar-refractivity contribution is -0.116. The van der Waals surface area contributed by atoms with Gasteiger partial charge in [0.1, 0.15) is 6.61 Å². The van der Waals surface area contributed by atoms with Crippen molar-refractivity contribution in [2.45, 2.75) is 0 Å². The van der Waals surface area contributed by atoms with E-state index in [1.165, 1.54) is 6.20 Å². The second-order valence-corrected chi connectivity index (χ2v) is 6.37. The number of amides is 2. The van der Waals surface area contributed by atoms with Gasteiger partial charge in [0.2, 0.25) is 0 Å². The minimum atomic E-state index is -0.702. The number of carbonyl (C=O) groups is 3. The first-order chi connectivity index (χ1) is 14.1. The zero-order valence-corrected chi connectivity index (χ0v) is 15.4. The Labute approximate surface area is 166 Å². The maximum Gasteiger partial charge on any atom is 0.414 e. The second kappa shape index (κ2) is 7.90. The predicted octanol–water partition coefficient (Wildman–Crippen LogP) is 2.48. The summed E-state index contributed by atoms with van der Waals surface area (Å²) in [7, 11) is 0. The monoisotopic (exact) mass is 387 g/mol. The first-order valence-corrected chi connectivity index (χ1v) is 9.05. The lowest BCUT2D eigenvalue weighted by Gasteiger charge is -2.11. The average Bonchev–Trinajstić information content (AvgIpc) is 3.37. The minimum Gasteiger partial charge on any atom is -0.447 e. The number of hydrogen-bond donors (Lipinski definition) is 2. The van der Waals surface area contributed by atoms with Crippen LogP contribution in [-0.4, -0.2) is 42.5 Å². The zero-order chi connectivity index (χ0) is 20.2. The largest absolute Gasteiger partial charge is 0.447 e. The molecule has 0 radical (unpaired) electrons. The van der Waals surface area contributed by atoms with Gasteiger partial charge in [-0.25, -0.2) is 4.79 Å². The molecular formula is C22H17N3O4. The van der Waals surface area contributed by atoms with E-state index in [9.17, 15) is 14.4 Å². The van der Waals surface area contributed by atoms with Crippen LogP contribution >= 0.6 is 0 Å². The van der Waals surface area contributed by atoms with Crippen LogP contribution in [0.15, 0.2) is 54.7 Å². The van der Waals surface area contributed by atoms with Crippen molar-refractivity contribution in [3.05, 3.63) is 65.9 Å². The number of benzene rings is 2. The van der Waals surface area contributed by atoms with Crippen molar-refractivity contribution >= 4 is 34.4 Å². The molecule has 0 unspecified atom stereocenters. The summed E-state index contributed by atoms with van der Waals surface area (Å²) < 4.78 is 4.91. The van der Waals surface area contributed by atoms with E-state index in [4.69, 9.17) is 4.74 Å². The Morgan fingerprint density at radius 1 is 1.14 bits per heavy atom. The normalized spacial score (nSPS) is 13.0. The summed E-state index contributed by atoms with van der Waals surface area (Å²) in [6, 6.07) is 14.4. The highest BCUT2D eigenvalue weighted by molar-refractivity contribution is 6.45. The predicted molar refractivity (Wildman–Crippen MR) is 108 cm³/mol. The number of H-pyrrole nitrogens is 1. The first kappa shape index (κ1) is 18.3. The number of para-hydroxylation sites is 1. The van der Waals surface area contributed by atoms with E-state index >= 15 is 0 Å². The van der Waals surface area contributed by atoms with Crippen LogP contribution in [0.1, 0.15) is 15.9 Å². The van der Waals surface area contributed by atoms with Gasteiger partial charge in [-0.2, -0.15) is 0 Å². The van der Waals surface area contributed by atoms with E-state index in [0.29, 0.717) is 24.1 Å². The highest BCUT2D eigenvalue weighted by atomic mass is 16.6. The summed E-state index contributed by atoms with van der Waals surface area (Å²) in [6.45, 7) is 0.963. The molecule has 0 bridgehead atoms. The zero-order valence-electron chi connectivity index (χ0n) is 15.4. The van der Waals surface area contributed by atoms with Crippen LogP contribution in [-0.2, 0) is 9.53 Å². The molecule has 7 heteroatoms. The molecule has 2 aromatic carbocycles.